The molecule has 0 aromatic heterocycles. The van der Waals surface area contributed by atoms with E-state index in [1.54, 1.807) is 18.2 Å². The summed E-state index contributed by atoms with van der Waals surface area (Å²) < 4.78 is 0. The van der Waals surface area contributed by atoms with E-state index in [2.05, 4.69) is 20.8 Å². The Labute approximate surface area is 113 Å². The van der Waals surface area contributed by atoms with Gasteiger partial charge >= 0.3 is 5.91 Å². The monoisotopic (exact) mass is 277 g/mol. The molecule has 0 heterocycles. The Morgan fingerprint density at radius 3 is 2.55 bits per heavy atom. The van der Waals surface area contributed by atoms with Crippen LogP contribution in [-0.2, 0) is 4.79 Å². The van der Waals surface area contributed by atoms with Gasteiger partial charge in [0, 0.05) is 23.0 Å². The number of para-hydroxylation sites is 1. The van der Waals surface area contributed by atoms with Crippen molar-refractivity contribution in [3.63, 3.8) is 0 Å². The van der Waals surface area contributed by atoms with Crippen LogP contribution in [0.1, 0.15) is 5.56 Å². The number of carbonyl (C=O) groups excluding carboxylic acids is 1. The quantitative estimate of drug-likeness (QED) is 0.548. The van der Waals surface area contributed by atoms with Crippen molar-refractivity contribution in [3.8, 4) is 0 Å². The molecule has 0 aliphatic heterocycles. The van der Waals surface area contributed by atoms with Gasteiger partial charge in [-0.25, -0.2) is 0 Å². The zero-order valence-corrected chi connectivity index (χ0v) is 10.3. The molecular weight excluding hydrogens is 266 g/mol. The lowest BCUT2D eigenvalue weighted by Gasteiger charge is -2.12. The molecule has 0 aliphatic rings. The van der Waals surface area contributed by atoms with Crippen molar-refractivity contribution in [1.82, 2.24) is 0 Å². The molecule has 1 unspecified atom stereocenters. The van der Waals surface area contributed by atoms with Crippen molar-refractivity contribution in [1.29, 1.82) is 5.41 Å². The van der Waals surface area contributed by atoms with Crippen LogP contribution in [0.15, 0.2) is 39.8 Å². The van der Waals surface area contributed by atoms with E-state index in [9.17, 15) is 19.5 Å². The molecule has 20 heavy (non-hydrogen) atoms. The van der Waals surface area contributed by atoms with Crippen LogP contribution in [-0.4, -0.2) is 30.8 Å². The van der Waals surface area contributed by atoms with Gasteiger partial charge in [-0.3, -0.25) is 10.2 Å². The first kappa shape index (κ1) is 15.2. The Balaban J connectivity index is 2.88. The fourth-order valence-electron chi connectivity index (χ4n) is 1.47. The van der Waals surface area contributed by atoms with Crippen molar-refractivity contribution < 1.29 is 4.79 Å². The summed E-state index contributed by atoms with van der Waals surface area (Å²) in [5, 5.41) is 17.8. The second-order valence-electron chi connectivity index (χ2n) is 3.77. The van der Waals surface area contributed by atoms with Gasteiger partial charge in [0.15, 0.2) is 0 Å². The molecule has 1 atom stereocenters. The Morgan fingerprint density at radius 2 is 1.95 bits per heavy atom. The number of hydrogen-bond donors (Lipinski definition) is 2. The lowest BCUT2D eigenvalue weighted by Crippen LogP contribution is -2.22. The molecule has 0 bridgehead atoms. The fraction of sp³-hybridized carbons (Fsp3) is 0.273. The number of benzene rings is 1. The van der Waals surface area contributed by atoms with Crippen molar-refractivity contribution >= 4 is 17.3 Å². The SMILES string of the molecule is N=C(C(=O)N=O)c1ccccc1NCC(CN=O)N=O. The Hall–Kier alpha value is -2.84. The van der Waals surface area contributed by atoms with Gasteiger partial charge in [-0.15, -0.1) is 4.91 Å². The molecule has 2 N–H and O–H groups in total. The summed E-state index contributed by atoms with van der Waals surface area (Å²) in [5.74, 6) is -1.20. The second-order valence-corrected chi connectivity index (χ2v) is 3.77. The molecule has 9 nitrogen and oxygen atoms in total. The predicted molar refractivity (Wildman–Crippen MR) is 72.8 cm³/mol. The van der Waals surface area contributed by atoms with E-state index in [0.29, 0.717) is 5.69 Å². The molecule has 1 aromatic carbocycles. The first-order valence-electron chi connectivity index (χ1n) is 5.55. The molecule has 0 spiro atoms. The van der Waals surface area contributed by atoms with E-state index in [4.69, 9.17) is 5.41 Å². The average molecular weight is 277 g/mol. The van der Waals surface area contributed by atoms with Gasteiger partial charge in [0.2, 0.25) is 0 Å². The number of nitroso groups, excluding NO2 is 3. The topological polar surface area (TPSA) is 141 Å². The largest absolute Gasteiger partial charge is 0.382 e. The maximum absolute atomic E-state index is 11.1. The number of amides is 1. The van der Waals surface area contributed by atoms with Crippen molar-refractivity contribution in [2.45, 2.75) is 6.04 Å². The van der Waals surface area contributed by atoms with E-state index < -0.39 is 17.7 Å². The molecule has 1 amide bonds. The zero-order valence-electron chi connectivity index (χ0n) is 10.3. The third-order valence-electron chi connectivity index (χ3n) is 2.46. The molecule has 9 heteroatoms. The summed E-state index contributed by atoms with van der Waals surface area (Å²) in [6.07, 6.45) is 0. The Kier molecular flexibility index (Phi) is 5.75. The minimum absolute atomic E-state index is 0.0161. The van der Waals surface area contributed by atoms with Crippen molar-refractivity contribution in [3.05, 3.63) is 44.6 Å². The molecule has 1 rings (SSSR count). The van der Waals surface area contributed by atoms with Gasteiger partial charge in [0.25, 0.3) is 0 Å². The molecule has 0 fully saturated rings. The molecular formula is C11H11N5O4. The summed E-state index contributed by atoms with van der Waals surface area (Å²) in [7, 11) is 0. The Bertz CT molecular complexity index is 545. The van der Waals surface area contributed by atoms with Gasteiger partial charge < -0.3 is 5.32 Å². The summed E-state index contributed by atoms with van der Waals surface area (Å²) in [5.41, 5.74) is -0.0397. The third kappa shape index (κ3) is 3.83. The van der Waals surface area contributed by atoms with Crippen molar-refractivity contribution in [2.24, 2.45) is 15.5 Å². The van der Waals surface area contributed by atoms with Crippen LogP contribution >= 0.6 is 0 Å². The summed E-state index contributed by atoms with van der Waals surface area (Å²) in [4.78, 5) is 41.8. The average Bonchev–Trinajstić information content (AvgIpc) is 2.50. The lowest BCUT2D eigenvalue weighted by atomic mass is 10.1. The highest BCUT2D eigenvalue weighted by Gasteiger charge is 2.17. The highest BCUT2D eigenvalue weighted by Crippen LogP contribution is 2.16. The van der Waals surface area contributed by atoms with Crippen LogP contribution in [0.5, 0.6) is 0 Å². The highest BCUT2D eigenvalue weighted by atomic mass is 16.3. The van der Waals surface area contributed by atoms with Crippen molar-refractivity contribution in [2.75, 3.05) is 18.4 Å². The van der Waals surface area contributed by atoms with Crippen LogP contribution < -0.4 is 5.32 Å². The standard InChI is InChI=1S/C11H11N5O4/c12-10(11(17)16-20)8-3-1-2-4-9(8)13-5-7(15-19)6-14-18/h1-4,7,12-13H,5-6H2. The number of anilines is 1. The number of rotatable bonds is 8. The number of nitrogens with one attached hydrogen (secondary N) is 2. The van der Waals surface area contributed by atoms with E-state index in [1.807, 2.05) is 0 Å². The maximum Gasteiger partial charge on any atom is 0.334 e. The summed E-state index contributed by atoms with van der Waals surface area (Å²) >= 11 is 0. The maximum atomic E-state index is 11.1. The predicted octanol–water partition coefficient (Wildman–Crippen LogP) is 1.66. The van der Waals surface area contributed by atoms with E-state index in [1.165, 1.54) is 6.07 Å². The van der Waals surface area contributed by atoms with E-state index >= 15 is 0 Å². The molecule has 0 aliphatic carbocycles. The molecule has 0 saturated heterocycles. The summed E-state index contributed by atoms with van der Waals surface area (Å²) in [6.45, 7) is -0.257. The van der Waals surface area contributed by atoms with Crippen LogP contribution in [0.4, 0.5) is 5.69 Å². The van der Waals surface area contributed by atoms with Crippen LogP contribution in [0, 0.1) is 20.1 Å². The Morgan fingerprint density at radius 1 is 1.25 bits per heavy atom. The first-order valence-corrected chi connectivity index (χ1v) is 5.55. The van der Waals surface area contributed by atoms with Gasteiger partial charge in [-0.2, -0.15) is 9.81 Å². The fourth-order valence-corrected chi connectivity index (χ4v) is 1.47. The first-order chi connectivity index (χ1) is 9.63. The van der Waals surface area contributed by atoms with Crippen LogP contribution in [0.2, 0.25) is 0 Å². The highest BCUT2D eigenvalue weighted by molar-refractivity contribution is 6.45. The zero-order chi connectivity index (χ0) is 15.0. The van der Waals surface area contributed by atoms with Gasteiger partial charge in [-0.1, -0.05) is 28.6 Å². The summed E-state index contributed by atoms with van der Waals surface area (Å²) in [6, 6.07) is 5.37. The van der Waals surface area contributed by atoms with Gasteiger partial charge in [0.05, 0.1) is 0 Å². The van der Waals surface area contributed by atoms with Crippen LogP contribution in [0.3, 0.4) is 0 Å². The molecule has 104 valence electrons. The third-order valence-corrected chi connectivity index (χ3v) is 2.46. The number of nitrogens with zero attached hydrogens (tertiary/aromatic N) is 3. The van der Waals surface area contributed by atoms with E-state index in [0.717, 1.165) is 0 Å². The number of carbonyl (C=O) groups is 1. The van der Waals surface area contributed by atoms with Gasteiger partial charge in [-0.05, 0) is 6.07 Å². The minimum Gasteiger partial charge on any atom is -0.382 e. The molecule has 0 saturated carbocycles. The number of hydrogen-bond acceptors (Lipinski definition) is 8. The van der Waals surface area contributed by atoms with E-state index in [-0.39, 0.29) is 18.7 Å². The minimum atomic E-state index is -1.20. The second kappa shape index (κ2) is 7.56. The molecule has 1 aromatic rings. The lowest BCUT2D eigenvalue weighted by molar-refractivity contribution is -0.111. The molecule has 0 radical (unpaired) electrons. The van der Waals surface area contributed by atoms with Gasteiger partial charge in [0.1, 0.15) is 18.3 Å². The van der Waals surface area contributed by atoms with Crippen LogP contribution in [0.25, 0.3) is 0 Å². The normalized spacial score (nSPS) is 11.2. The smallest absolute Gasteiger partial charge is 0.334 e.